The zero-order chi connectivity index (χ0) is 21.5. The minimum Gasteiger partial charge on any atom is -0.497 e. The Hall–Kier alpha value is -2.67. The number of benzene rings is 3. The van der Waals surface area contributed by atoms with Gasteiger partial charge in [0.05, 0.1) is 23.6 Å². The molecule has 0 aromatic heterocycles. The molecule has 0 aliphatic rings. The van der Waals surface area contributed by atoms with Crippen molar-refractivity contribution in [3.63, 3.8) is 0 Å². The molecule has 0 aliphatic carbocycles. The first-order valence-electron chi connectivity index (χ1n) is 8.88. The smallest absolute Gasteiger partial charge is 0.255 e. The van der Waals surface area contributed by atoms with Crippen LogP contribution in [0.1, 0.15) is 10.4 Å². The molecule has 0 fully saturated rings. The summed E-state index contributed by atoms with van der Waals surface area (Å²) in [6.45, 7) is 0. The van der Waals surface area contributed by atoms with Gasteiger partial charge < -0.3 is 15.4 Å². The maximum absolute atomic E-state index is 12.3. The Morgan fingerprint density at radius 1 is 0.933 bits per heavy atom. The third-order valence-electron chi connectivity index (χ3n) is 4.04. The highest BCUT2D eigenvalue weighted by Crippen LogP contribution is 2.26. The van der Waals surface area contributed by atoms with Gasteiger partial charge in [-0.15, -0.1) is 11.8 Å². The lowest BCUT2D eigenvalue weighted by atomic mass is 10.2. The molecule has 30 heavy (non-hydrogen) atoms. The Morgan fingerprint density at radius 2 is 1.63 bits per heavy atom. The fourth-order valence-electron chi connectivity index (χ4n) is 2.51. The summed E-state index contributed by atoms with van der Waals surface area (Å²) in [4.78, 5) is 25.4. The number of rotatable bonds is 7. The molecule has 0 unspecified atom stereocenters. The summed E-state index contributed by atoms with van der Waals surface area (Å²) in [6.07, 6.45) is 0. The number of nitrogens with one attached hydrogen (secondary N) is 2. The number of anilines is 2. The van der Waals surface area contributed by atoms with E-state index in [1.807, 2.05) is 12.1 Å². The molecular formula is C22H18Cl2N2O3S. The lowest BCUT2D eigenvalue weighted by Crippen LogP contribution is -2.14. The molecule has 0 spiro atoms. The van der Waals surface area contributed by atoms with Gasteiger partial charge in [-0.25, -0.2) is 0 Å². The average Bonchev–Trinajstić information content (AvgIpc) is 2.76. The number of halogens is 2. The van der Waals surface area contributed by atoms with Crippen LogP contribution in [0.2, 0.25) is 10.0 Å². The molecule has 5 nitrogen and oxygen atoms in total. The predicted octanol–water partition coefficient (Wildman–Crippen LogP) is 5.99. The summed E-state index contributed by atoms with van der Waals surface area (Å²) in [5.74, 6) is 0.493. The van der Waals surface area contributed by atoms with Crippen LogP contribution in [0.3, 0.4) is 0 Å². The van der Waals surface area contributed by atoms with E-state index in [0.717, 1.165) is 4.90 Å². The van der Waals surface area contributed by atoms with E-state index in [4.69, 9.17) is 27.9 Å². The molecule has 0 bridgehead atoms. The van der Waals surface area contributed by atoms with Crippen LogP contribution in [0.4, 0.5) is 11.4 Å². The Kier molecular flexibility index (Phi) is 7.63. The summed E-state index contributed by atoms with van der Waals surface area (Å²) in [6, 6.07) is 19.0. The summed E-state index contributed by atoms with van der Waals surface area (Å²) >= 11 is 13.4. The number of amides is 2. The first-order chi connectivity index (χ1) is 14.4. The van der Waals surface area contributed by atoms with Crippen molar-refractivity contribution in [2.75, 3.05) is 23.5 Å². The van der Waals surface area contributed by atoms with Gasteiger partial charge >= 0.3 is 0 Å². The highest BCUT2D eigenvalue weighted by Gasteiger charge is 2.09. The number of carbonyl (C=O) groups is 2. The van der Waals surface area contributed by atoms with Gasteiger partial charge in [0, 0.05) is 21.2 Å². The number of hydrogen-bond acceptors (Lipinski definition) is 4. The molecule has 0 saturated heterocycles. The van der Waals surface area contributed by atoms with E-state index in [1.54, 1.807) is 61.7 Å². The van der Waals surface area contributed by atoms with E-state index >= 15 is 0 Å². The van der Waals surface area contributed by atoms with Gasteiger partial charge in [-0.05, 0) is 66.7 Å². The van der Waals surface area contributed by atoms with Crippen molar-refractivity contribution in [2.24, 2.45) is 0 Å². The molecule has 0 saturated carbocycles. The van der Waals surface area contributed by atoms with Gasteiger partial charge in [0.1, 0.15) is 5.75 Å². The monoisotopic (exact) mass is 460 g/mol. The maximum Gasteiger partial charge on any atom is 0.255 e. The quantitative estimate of drug-likeness (QED) is 0.425. The topological polar surface area (TPSA) is 67.4 Å². The molecule has 2 amide bonds. The molecule has 2 N–H and O–H groups in total. The zero-order valence-electron chi connectivity index (χ0n) is 15.9. The van der Waals surface area contributed by atoms with Gasteiger partial charge in [0.15, 0.2) is 0 Å². The fraction of sp³-hybridized carbons (Fsp3) is 0.0909. The van der Waals surface area contributed by atoms with Crippen molar-refractivity contribution in [3.05, 3.63) is 82.3 Å². The molecule has 0 aliphatic heterocycles. The van der Waals surface area contributed by atoms with Crippen molar-refractivity contribution >= 4 is 58.2 Å². The van der Waals surface area contributed by atoms with E-state index in [2.05, 4.69) is 10.6 Å². The van der Waals surface area contributed by atoms with Crippen LogP contribution in [0, 0.1) is 0 Å². The van der Waals surface area contributed by atoms with Gasteiger partial charge in [0.2, 0.25) is 5.91 Å². The van der Waals surface area contributed by atoms with Crippen molar-refractivity contribution in [2.45, 2.75) is 4.90 Å². The highest BCUT2D eigenvalue weighted by atomic mass is 35.5. The zero-order valence-corrected chi connectivity index (χ0v) is 18.3. The predicted molar refractivity (Wildman–Crippen MR) is 123 cm³/mol. The van der Waals surface area contributed by atoms with Crippen LogP contribution in [-0.2, 0) is 4.79 Å². The Balaban J connectivity index is 1.52. The molecular weight excluding hydrogens is 443 g/mol. The summed E-state index contributed by atoms with van der Waals surface area (Å²) in [5.41, 5.74) is 1.67. The third-order valence-corrected chi connectivity index (χ3v) is 5.61. The third kappa shape index (κ3) is 6.16. The lowest BCUT2D eigenvalue weighted by molar-refractivity contribution is -0.113. The van der Waals surface area contributed by atoms with Gasteiger partial charge in [-0.2, -0.15) is 0 Å². The Bertz CT molecular complexity index is 1040. The maximum atomic E-state index is 12.3. The van der Waals surface area contributed by atoms with Crippen molar-refractivity contribution in [3.8, 4) is 5.75 Å². The fourth-order valence-corrected chi connectivity index (χ4v) is 3.54. The van der Waals surface area contributed by atoms with Crippen LogP contribution in [0.15, 0.2) is 71.6 Å². The van der Waals surface area contributed by atoms with Crippen LogP contribution in [0.5, 0.6) is 5.75 Å². The SMILES string of the molecule is COc1ccc(C(=O)Nc2ccc(SCC(=O)Nc3cc(Cl)ccc3Cl)cc2)cc1. The highest BCUT2D eigenvalue weighted by molar-refractivity contribution is 8.00. The number of carbonyl (C=O) groups excluding carboxylic acids is 2. The first-order valence-corrected chi connectivity index (χ1v) is 10.6. The summed E-state index contributed by atoms with van der Waals surface area (Å²) < 4.78 is 5.09. The van der Waals surface area contributed by atoms with Gasteiger partial charge in [0.25, 0.3) is 5.91 Å². The lowest BCUT2D eigenvalue weighted by Gasteiger charge is -2.09. The number of thioether (sulfide) groups is 1. The molecule has 3 aromatic rings. The van der Waals surface area contributed by atoms with Gasteiger partial charge in [-0.1, -0.05) is 23.2 Å². The molecule has 3 aromatic carbocycles. The van der Waals surface area contributed by atoms with E-state index < -0.39 is 0 Å². The number of hydrogen-bond donors (Lipinski definition) is 2. The largest absolute Gasteiger partial charge is 0.497 e. The standard InChI is InChI=1S/C22H18Cl2N2O3S/c1-29-17-7-2-14(3-8-17)22(28)25-16-5-9-18(10-6-16)30-13-21(27)26-20-12-15(23)4-11-19(20)24/h2-12H,13H2,1H3,(H,25,28)(H,26,27). The van der Waals surface area contributed by atoms with Crippen LogP contribution >= 0.6 is 35.0 Å². The second kappa shape index (κ2) is 10.4. The van der Waals surface area contributed by atoms with Crippen molar-refractivity contribution in [1.82, 2.24) is 0 Å². The Labute approximate surface area is 188 Å². The molecule has 0 atom stereocenters. The summed E-state index contributed by atoms with van der Waals surface area (Å²) in [5, 5.41) is 6.50. The number of methoxy groups -OCH3 is 1. The van der Waals surface area contributed by atoms with Crippen molar-refractivity contribution in [1.29, 1.82) is 0 Å². The molecule has 0 radical (unpaired) electrons. The van der Waals surface area contributed by atoms with Crippen LogP contribution < -0.4 is 15.4 Å². The van der Waals surface area contributed by atoms with E-state index in [0.29, 0.717) is 32.7 Å². The molecule has 154 valence electrons. The van der Waals surface area contributed by atoms with E-state index in [9.17, 15) is 9.59 Å². The molecule has 3 rings (SSSR count). The minimum atomic E-state index is -0.212. The van der Waals surface area contributed by atoms with Crippen LogP contribution in [0.25, 0.3) is 0 Å². The molecule has 0 heterocycles. The van der Waals surface area contributed by atoms with E-state index in [1.165, 1.54) is 11.8 Å². The Morgan fingerprint density at radius 3 is 2.30 bits per heavy atom. The molecule has 8 heteroatoms. The number of ether oxygens (including phenoxy) is 1. The van der Waals surface area contributed by atoms with Crippen molar-refractivity contribution < 1.29 is 14.3 Å². The second-order valence-corrected chi connectivity index (χ2v) is 8.06. The van der Waals surface area contributed by atoms with Gasteiger partial charge in [-0.3, -0.25) is 9.59 Å². The van der Waals surface area contributed by atoms with Crippen LogP contribution in [-0.4, -0.2) is 24.7 Å². The second-order valence-electron chi connectivity index (χ2n) is 6.17. The minimum absolute atomic E-state index is 0.193. The van der Waals surface area contributed by atoms with E-state index in [-0.39, 0.29) is 17.6 Å². The normalized spacial score (nSPS) is 10.4. The summed E-state index contributed by atoms with van der Waals surface area (Å²) in [7, 11) is 1.57. The first kappa shape index (κ1) is 22.0. The average molecular weight is 461 g/mol.